The lowest BCUT2D eigenvalue weighted by atomic mass is 10.1. The van der Waals surface area contributed by atoms with E-state index in [4.69, 9.17) is 4.74 Å². The number of benzene rings is 3. The topological polar surface area (TPSA) is 57.8 Å². The van der Waals surface area contributed by atoms with Gasteiger partial charge in [-0.15, -0.1) is 13.2 Å². The number of rotatable bonds is 6. The van der Waals surface area contributed by atoms with Gasteiger partial charge in [0.05, 0.1) is 41.5 Å². The molecular formula is C27H23F6N3O3. The van der Waals surface area contributed by atoms with Crippen LogP contribution in [0.25, 0.3) is 11.0 Å². The van der Waals surface area contributed by atoms with E-state index in [1.165, 1.54) is 19.2 Å². The fourth-order valence-electron chi connectivity index (χ4n) is 4.27. The normalized spacial score (nSPS) is 12.7. The van der Waals surface area contributed by atoms with Crippen molar-refractivity contribution in [1.29, 1.82) is 0 Å². The quantitative estimate of drug-likeness (QED) is 0.202. The van der Waals surface area contributed by atoms with E-state index in [0.29, 0.717) is 28.6 Å². The van der Waals surface area contributed by atoms with Crippen LogP contribution >= 0.6 is 0 Å². The molecular weight excluding hydrogens is 528 g/mol. The second-order valence-electron chi connectivity index (χ2n) is 8.64. The number of aryl methyl sites for hydroxylation is 2. The molecule has 0 atom stereocenters. The minimum Gasteiger partial charge on any atom is -0.465 e. The third-order valence-corrected chi connectivity index (χ3v) is 6.06. The van der Waals surface area contributed by atoms with E-state index in [2.05, 4.69) is 9.73 Å². The first kappa shape index (κ1) is 27.8. The van der Waals surface area contributed by atoms with Crippen LogP contribution in [0.5, 0.6) is 5.75 Å². The Hall–Kier alpha value is -4.22. The highest BCUT2D eigenvalue weighted by Crippen LogP contribution is 2.34. The maximum Gasteiger partial charge on any atom is 0.573 e. The summed E-state index contributed by atoms with van der Waals surface area (Å²) in [5, 5.41) is 0. The Balaban J connectivity index is 1.92. The van der Waals surface area contributed by atoms with Crippen LogP contribution in [-0.4, -0.2) is 28.6 Å². The lowest BCUT2D eigenvalue weighted by Crippen LogP contribution is -2.24. The van der Waals surface area contributed by atoms with E-state index in [0.717, 1.165) is 24.3 Å². The number of methoxy groups -OCH3 is 1. The van der Waals surface area contributed by atoms with Crippen molar-refractivity contribution in [2.75, 3.05) is 7.11 Å². The number of imidazole rings is 1. The molecule has 12 heteroatoms. The zero-order valence-corrected chi connectivity index (χ0v) is 21.0. The Morgan fingerprint density at radius 1 is 0.949 bits per heavy atom. The van der Waals surface area contributed by atoms with Crippen LogP contribution in [0.4, 0.5) is 32.0 Å². The van der Waals surface area contributed by atoms with Crippen LogP contribution in [0.3, 0.4) is 0 Å². The Morgan fingerprint density at radius 3 is 2.13 bits per heavy atom. The molecule has 0 radical (unpaired) electrons. The van der Waals surface area contributed by atoms with Crippen LogP contribution in [-0.2, 0) is 30.9 Å². The predicted molar refractivity (Wildman–Crippen MR) is 131 cm³/mol. The Labute approximate surface area is 218 Å². The van der Waals surface area contributed by atoms with E-state index >= 15 is 0 Å². The number of fused-ring (bicyclic) bond motifs is 1. The van der Waals surface area contributed by atoms with Crippen molar-refractivity contribution in [3.8, 4) is 5.75 Å². The number of alkyl halides is 6. The molecule has 0 aliphatic carbocycles. The highest BCUT2D eigenvalue weighted by molar-refractivity contribution is 5.89. The van der Waals surface area contributed by atoms with Crippen molar-refractivity contribution in [3.05, 3.63) is 88.5 Å². The smallest absolute Gasteiger partial charge is 0.465 e. The van der Waals surface area contributed by atoms with Crippen LogP contribution < -0.4 is 10.4 Å². The first-order chi connectivity index (χ1) is 18.3. The van der Waals surface area contributed by atoms with Gasteiger partial charge in [0, 0.05) is 7.05 Å². The maximum absolute atomic E-state index is 13.8. The maximum atomic E-state index is 13.8. The number of carbonyl (C=O) groups is 1. The van der Waals surface area contributed by atoms with E-state index in [1.54, 1.807) is 47.4 Å². The summed E-state index contributed by atoms with van der Waals surface area (Å²) in [6, 6.07) is 13.4. The third-order valence-electron chi connectivity index (χ3n) is 6.06. The number of esters is 1. The molecule has 206 valence electrons. The van der Waals surface area contributed by atoms with Crippen LogP contribution in [0.15, 0.2) is 65.7 Å². The molecule has 0 spiro atoms. The van der Waals surface area contributed by atoms with Gasteiger partial charge >= 0.3 is 18.5 Å². The van der Waals surface area contributed by atoms with Gasteiger partial charge in [0.2, 0.25) is 5.62 Å². The van der Waals surface area contributed by atoms with Crippen LogP contribution in [0.2, 0.25) is 0 Å². The Morgan fingerprint density at radius 2 is 1.59 bits per heavy atom. The zero-order chi connectivity index (χ0) is 28.5. The van der Waals surface area contributed by atoms with Crippen LogP contribution in [0, 0.1) is 0 Å². The lowest BCUT2D eigenvalue weighted by molar-refractivity contribution is -0.274. The van der Waals surface area contributed by atoms with Gasteiger partial charge < -0.3 is 18.6 Å². The first-order valence-electron chi connectivity index (χ1n) is 11.7. The van der Waals surface area contributed by atoms with Gasteiger partial charge in [-0.1, -0.05) is 19.1 Å². The van der Waals surface area contributed by atoms with Crippen molar-refractivity contribution in [2.45, 2.75) is 32.4 Å². The molecule has 0 unspecified atom stereocenters. The average molecular weight is 551 g/mol. The number of aromatic nitrogens is 2. The van der Waals surface area contributed by atoms with Crippen molar-refractivity contribution in [2.24, 2.45) is 12.0 Å². The molecule has 4 rings (SSSR count). The molecule has 0 aliphatic heterocycles. The van der Waals surface area contributed by atoms with Crippen molar-refractivity contribution >= 4 is 22.7 Å². The third kappa shape index (κ3) is 6.10. The summed E-state index contributed by atoms with van der Waals surface area (Å²) in [6.45, 7) is 1.84. The van der Waals surface area contributed by atoms with Crippen molar-refractivity contribution < 1.29 is 40.6 Å². The Kier molecular flexibility index (Phi) is 7.49. The molecule has 4 aromatic rings. The van der Waals surface area contributed by atoms with Gasteiger partial charge in [0.1, 0.15) is 5.75 Å². The summed E-state index contributed by atoms with van der Waals surface area (Å²) in [5.74, 6) is -0.962. The van der Waals surface area contributed by atoms with Gasteiger partial charge in [-0.25, -0.2) is 9.79 Å². The van der Waals surface area contributed by atoms with E-state index in [-0.39, 0.29) is 23.4 Å². The fraction of sp³-hybridized carbons (Fsp3) is 0.259. The van der Waals surface area contributed by atoms with Crippen LogP contribution in [0.1, 0.15) is 34.0 Å². The molecule has 3 aromatic carbocycles. The van der Waals surface area contributed by atoms with Crippen molar-refractivity contribution in [3.63, 3.8) is 0 Å². The summed E-state index contributed by atoms with van der Waals surface area (Å²) in [4.78, 5) is 16.4. The van der Waals surface area contributed by atoms with Gasteiger partial charge in [0.15, 0.2) is 0 Å². The molecule has 1 aromatic heterocycles. The van der Waals surface area contributed by atoms with E-state index < -0.39 is 29.8 Å². The largest absolute Gasteiger partial charge is 0.573 e. The summed E-state index contributed by atoms with van der Waals surface area (Å²) >= 11 is 0. The number of carbonyl (C=O) groups excluding carboxylic acids is 1. The Bertz CT molecular complexity index is 1560. The lowest BCUT2D eigenvalue weighted by Gasteiger charge is -2.12. The SMILES string of the molecule is CCc1cc(C(F)(F)F)cc2c1n(C)/c(=N/c1ccc(OC(F)(F)F)cc1)n2Cc1ccc(C(=O)OC)cc1. The molecule has 0 amide bonds. The van der Waals surface area contributed by atoms with E-state index in [9.17, 15) is 31.1 Å². The number of ether oxygens (including phenoxy) is 2. The highest BCUT2D eigenvalue weighted by Gasteiger charge is 2.33. The molecule has 0 fully saturated rings. The number of hydrogen-bond acceptors (Lipinski definition) is 4. The minimum atomic E-state index is -4.85. The molecule has 0 saturated heterocycles. The van der Waals surface area contributed by atoms with E-state index in [1.807, 2.05) is 0 Å². The second kappa shape index (κ2) is 10.5. The summed E-state index contributed by atoms with van der Waals surface area (Å²) < 4.78 is 90.8. The molecule has 0 saturated carbocycles. The van der Waals surface area contributed by atoms with Crippen molar-refractivity contribution in [1.82, 2.24) is 9.13 Å². The monoisotopic (exact) mass is 551 g/mol. The molecule has 0 N–H and O–H groups in total. The summed E-state index contributed by atoms with van der Waals surface area (Å²) in [5.41, 5.74) is 1.95. The minimum absolute atomic E-state index is 0.0946. The molecule has 0 bridgehead atoms. The zero-order valence-electron chi connectivity index (χ0n) is 21.0. The van der Waals surface area contributed by atoms with Gasteiger partial charge in [-0.3, -0.25) is 0 Å². The van der Waals surface area contributed by atoms with Gasteiger partial charge in [-0.2, -0.15) is 13.2 Å². The number of halogens is 6. The fourth-order valence-corrected chi connectivity index (χ4v) is 4.27. The molecule has 0 aliphatic rings. The number of nitrogens with zero attached hydrogens (tertiary/aromatic N) is 3. The first-order valence-corrected chi connectivity index (χ1v) is 11.7. The summed E-state index contributed by atoms with van der Waals surface area (Å²) in [7, 11) is 2.91. The average Bonchev–Trinajstić information content (AvgIpc) is 3.13. The van der Waals surface area contributed by atoms with Gasteiger partial charge in [0.25, 0.3) is 0 Å². The van der Waals surface area contributed by atoms with Gasteiger partial charge in [-0.05, 0) is 66.1 Å². The standard InChI is InChI=1S/C27H23F6N3O3/c1-4-17-13-19(26(28,29)30)14-22-23(17)35(2)25(34-20-9-11-21(12-10-20)39-27(31,32)33)36(22)15-16-5-7-18(8-6-16)24(37)38-3/h5-14H,4,15H2,1-3H3/b34-25-. The highest BCUT2D eigenvalue weighted by atomic mass is 19.4. The second-order valence-corrected chi connectivity index (χ2v) is 8.64. The summed E-state index contributed by atoms with van der Waals surface area (Å²) in [6.07, 6.45) is -9.12. The predicted octanol–water partition coefficient (Wildman–Crippen LogP) is 6.53. The molecule has 6 nitrogen and oxygen atoms in total. The number of hydrogen-bond donors (Lipinski definition) is 0. The molecule has 39 heavy (non-hydrogen) atoms. The molecule has 1 heterocycles.